The highest BCUT2D eigenvalue weighted by molar-refractivity contribution is 7.14. The zero-order valence-electron chi connectivity index (χ0n) is 11.9. The summed E-state index contributed by atoms with van der Waals surface area (Å²) < 4.78 is 0. The lowest BCUT2D eigenvalue weighted by atomic mass is 10.2. The topological polar surface area (TPSA) is 81.0 Å². The average Bonchev–Trinajstić information content (AvgIpc) is 2.96. The molecule has 2 aromatic rings. The Bertz CT molecular complexity index is 600. The van der Waals surface area contributed by atoms with Crippen molar-refractivity contribution in [1.82, 2.24) is 15.5 Å². The van der Waals surface area contributed by atoms with Crippen LogP contribution >= 0.6 is 11.3 Å². The van der Waals surface area contributed by atoms with Crippen molar-refractivity contribution < 1.29 is 4.92 Å². The third kappa shape index (κ3) is 4.30. The fourth-order valence-electron chi connectivity index (χ4n) is 1.94. The summed E-state index contributed by atoms with van der Waals surface area (Å²) in [5.41, 5.74) is 0.611. The van der Waals surface area contributed by atoms with Gasteiger partial charge in [-0.1, -0.05) is 30.4 Å². The molecule has 6 nitrogen and oxygen atoms in total. The van der Waals surface area contributed by atoms with Crippen molar-refractivity contribution in [2.24, 2.45) is 0 Å². The van der Waals surface area contributed by atoms with Gasteiger partial charge in [0.2, 0.25) is 0 Å². The molecule has 0 saturated carbocycles. The number of nitro benzene ring substituents is 1. The van der Waals surface area contributed by atoms with Gasteiger partial charge in [0, 0.05) is 12.5 Å². The summed E-state index contributed by atoms with van der Waals surface area (Å²) in [6, 6.07) is 6.64. The summed E-state index contributed by atoms with van der Waals surface area (Å²) in [6.07, 6.45) is 2.96. The third-order valence-corrected chi connectivity index (χ3v) is 3.99. The van der Waals surface area contributed by atoms with Gasteiger partial charge in [-0.3, -0.25) is 10.1 Å². The number of nitrogens with one attached hydrogen (secondary N) is 1. The zero-order chi connectivity index (χ0) is 15.1. The van der Waals surface area contributed by atoms with E-state index in [4.69, 9.17) is 0 Å². The highest BCUT2D eigenvalue weighted by Gasteiger charge is 2.17. The molecule has 0 aliphatic rings. The molecule has 0 bridgehead atoms. The van der Waals surface area contributed by atoms with Crippen LogP contribution in [0, 0.1) is 10.1 Å². The van der Waals surface area contributed by atoms with Crippen LogP contribution in [0.15, 0.2) is 24.3 Å². The molecule has 0 fully saturated rings. The maximum atomic E-state index is 11.0. The molecule has 7 heteroatoms. The van der Waals surface area contributed by atoms with Crippen molar-refractivity contribution in [3.05, 3.63) is 39.4 Å². The standard InChI is InChI=1S/C14H18N4O2S/c1-2-9-15-10-5-8-13-16-17-14(21-13)11-6-3-4-7-12(11)18(19)20/h3-4,6-7,15H,2,5,8-10H2,1H3. The monoisotopic (exact) mass is 306 g/mol. The Morgan fingerprint density at radius 1 is 1.29 bits per heavy atom. The van der Waals surface area contributed by atoms with Crippen molar-refractivity contribution in [3.8, 4) is 10.6 Å². The summed E-state index contributed by atoms with van der Waals surface area (Å²) in [7, 11) is 0. The number of rotatable bonds is 8. The molecular weight excluding hydrogens is 288 g/mol. The van der Waals surface area contributed by atoms with E-state index in [2.05, 4.69) is 22.4 Å². The lowest BCUT2D eigenvalue weighted by Crippen LogP contribution is -2.16. The number of benzene rings is 1. The van der Waals surface area contributed by atoms with Crippen molar-refractivity contribution in [3.63, 3.8) is 0 Å². The van der Waals surface area contributed by atoms with E-state index in [-0.39, 0.29) is 10.6 Å². The van der Waals surface area contributed by atoms with E-state index in [1.165, 1.54) is 17.4 Å². The number of nitro groups is 1. The van der Waals surface area contributed by atoms with Gasteiger partial charge in [-0.05, 0) is 32.0 Å². The van der Waals surface area contributed by atoms with Gasteiger partial charge in [-0.2, -0.15) is 0 Å². The number of aryl methyl sites for hydroxylation is 1. The van der Waals surface area contributed by atoms with Crippen LogP contribution in [-0.2, 0) is 6.42 Å². The second-order valence-electron chi connectivity index (χ2n) is 4.63. The van der Waals surface area contributed by atoms with Crippen LogP contribution in [0.5, 0.6) is 0 Å². The summed E-state index contributed by atoms with van der Waals surface area (Å²) >= 11 is 1.43. The molecule has 1 aromatic heterocycles. The lowest BCUT2D eigenvalue weighted by Gasteiger charge is -2.00. The first kappa shape index (κ1) is 15.5. The predicted molar refractivity (Wildman–Crippen MR) is 83.5 cm³/mol. The first-order valence-electron chi connectivity index (χ1n) is 6.99. The zero-order valence-corrected chi connectivity index (χ0v) is 12.7. The summed E-state index contributed by atoms with van der Waals surface area (Å²) in [5, 5.41) is 24.1. The molecule has 2 rings (SSSR count). The van der Waals surface area contributed by atoms with E-state index in [9.17, 15) is 10.1 Å². The number of hydrogen-bond acceptors (Lipinski definition) is 6. The largest absolute Gasteiger partial charge is 0.317 e. The van der Waals surface area contributed by atoms with Crippen molar-refractivity contribution in [2.75, 3.05) is 13.1 Å². The Balaban J connectivity index is 2.01. The van der Waals surface area contributed by atoms with Gasteiger partial charge in [0.1, 0.15) is 5.01 Å². The van der Waals surface area contributed by atoms with Crippen LogP contribution in [0.1, 0.15) is 24.8 Å². The minimum absolute atomic E-state index is 0.0739. The number of aromatic nitrogens is 2. The van der Waals surface area contributed by atoms with Gasteiger partial charge >= 0.3 is 0 Å². The Morgan fingerprint density at radius 2 is 2.10 bits per heavy atom. The molecule has 0 radical (unpaired) electrons. The van der Waals surface area contributed by atoms with Gasteiger partial charge in [0.05, 0.1) is 10.5 Å². The fourth-order valence-corrected chi connectivity index (χ4v) is 2.86. The van der Waals surface area contributed by atoms with Crippen molar-refractivity contribution in [1.29, 1.82) is 0 Å². The number of para-hydroxylation sites is 1. The smallest absolute Gasteiger partial charge is 0.279 e. The van der Waals surface area contributed by atoms with Gasteiger partial charge in [-0.15, -0.1) is 10.2 Å². The van der Waals surface area contributed by atoms with E-state index in [0.29, 0.717) is 10.6 Å². The van der Waals surface area contributed by atoms with Gasteiger partial charge in [0.15, 0.2) is 5.01 Å². The lowest BCUT2D eigenvalue weighted by molar-refractivity contribution is -0.384. The van der Waals surface area contributed by atoms with Crippen LogP contribution in [0.4, 0.5) is 5.69 Å². The SMILES string of the molecule is CCCNCCCc1nnc(-c2ccccc2[N+](=O)[O-])s1. The minimum atomic E-state index is -0.384. The molecule has 0 unspecified atom stereocenters. The maximum absolute atomic E-state index is 11.0. The Labute approximate surface area is 127 Å². The van der Waals surface area contributed by atoms with Crippen LogP contribution in [0.25, 0.3) is 10.6 Å². The summed E-state index contributed by atoms with van der Waals surface area (Å²) in [6.45, 7) is 4.11. The van der Waals surface area contributed by atoms with E-state index in [1.807, 2.05) is 0 Å². The quantitative estimate of drug-likeness (QED) is 0.460. The highest BCUT2D eigenvalue weighted by atomic mass is 32.1. The summed E-state index contributed by atoms with van der Waals surface area (Å²) in [5.74, 6) is 0. The highest BCUT2D eigenvalue weighted by Crippen LogP contribution is 2.31. The minimum Gasteiger partial charge on any atom is -0.317 e. The van der Waals surface area contributed by atoms with E-state index in [1.54, 1.807) is 18.2 Å². The second-order valence-corrected chi connectivity index (χ2v) is 5.69. The molecule has 1 aromatic carbocycles. The third-order valence-electron chi connectivity index (χ3n) is 2.97. The Kier molecular flexibility index (Phi) is 5.77. The molecule has 0 saturated heterocycles. The van der Waals surface area contributed by atoms with E-state index >= 15 is 0 Å². The summed E-state index contributed by atoms with van der Waals surface area (Å²) in [4.78, 5) is 10.6. The molecule has 21 heavy (non-hydrogen) atoms. The first-order chi connectivity index (χ1) is 10.2. The number of nitrogens with zero attached hydrogens (tertiary/aromatic N) is 3. The van der Waals surface area contributed by atoms with Gasteiger partial charge in [-0.25, -0.2) is 0 Å². The Morgan fingerprint density at radius 3 is 2.86 bits per heavy atom. The van der Waals surface area contributed by atoms with Crippen LogP contribution < -0.4 is 5.32 Å². The van der Waals surface area contributed by atoms with Gasteiger partial charge in [0.25, 0.3) is 5.69 Å². The predicted octanol–water partition coefficient (Wildman–Crippen LogP) is 3.05. The maximum Gasteiger partial charge on any atom is 0.279 e. The van der Waals surface area contributed by atoms with Crippen molar-refractivity contribution >= 4 is 17.0 Å². The van der Waals surface area contributed by atoms with Crippen LogP contribution in [0.3, 0.4) is 0 Å². The normalized spacial score (nSPS) is 10.7. The molecule has 0 atom stereocenters. The first-order valence-corrected chi connectivity index (χ1v) is 7.81. The van der Waals surface area contributed by atoms with Crippen LogP contribution in [-0.4, -0.2) is 28.2 Å². The van der Waals surface area contributed by atoms with Gasteiger partial charge < -0.3 is 5.32 Å². The molecule has 0 spiro atoms. The Hall–Kier alpha value is -1.86. The molecule has 1 heterocycles. The van der Waals surface area contributed by atoms with Crippen LogP contribution in [0.2, 0.25) is 0 Å². The van der Waals surface area contributed by atoms with E-state index in [0.717, 1.165) is 37.4 Å². The van der Waals surface area contributed by atoms with E-state index < -0.39 is 0 Å². The fraction of sp³-hybridized carbons (Fsp3) is 0.429. The molecule has 1 N–H and O–H groups in total. The average molecular weight is 306 g/mol. The molecule has 0 amide bonds. The molecular formula is C14H18N4O2S. The van der Waals surface area contributed by atoms with Crippen molar-refractivity contribution in [2.45, 2.75) is 26.2 Å². The molecule has 112 valence electrons. The second kappa shape index (κ2) is 7.80. The molecule has 0 aliphatic heterocycles. The number of hydrogen-bond donors (Lipinski definition) is 1. The molecule has 0 aliphatic carbocycles.